The van der Waals surface area contributed by atoms with Crippen LogP contribution < -0.4 is 11.1 Å². The maximum absolute atomic E-state index is 12.6. The van der Waals surface area contributed by atoms with Crippen LogP contribution in [0.4, 0.5) is 5.69 Å². The number of rotatable bonds is 2. The van der Waals surface area contributed by atoms with Crippen molar-refractivity contribution >= 4 is 39.9 Å². The van der Waals surface area contributed by atoms with Crippen LogP contribution in [0.2, 0.25) is 0 Å². The lowest BCUT2D eigenvalue weighted by Gasteiger charge is -2.43. The van der Waals surface area contributed by atoms with E-state index in [0.29, 0.717) is 17.9 Å². The van der Waals surface area contributed by atoms with Crippen LogP contribution in [0.1, 0.15) is 37.7 Å². The molecule has 1 amide bonds. The van der Waals surface area contributed by atoms with Gasteiger partial charge in [0.1, 0.15) is 0 Å². The van der Waals surface area contributed by atoms with Gasteiger partial charge in [-0.2, -0.15) is 0 Å². The van der Waals surface area contributed by atoms with E-state index in [1.165, 1.54) is 19.3 Å². The molecule has 2 fully saturated rings. The Morgan fingerprint density at radius 3 is 2.55 bits per heavy atom. The first-order valence-corrected chi connectivity index (χ1v) is 8.66. The number of anilines is 1. The molecule has 3 nitrogen and oxygen atoms in total. The minimum Gasteiger partial charge on any atom is -0.327 e. The van der Waals surface area contributed by atoms with Gasteiger partial charge in [-0.3, -0.25) is 4.79 Å². The predicted octanol–water partition coefficient (Wildman–Crippen LogP) is 4.27. The average molecular weight is 388 g/mol. The lowest BCUT2D eigenvalue weighted by molar-refractivity contribution is -0.122. The molecule has 22 heavy (non-hydrogen) atoms. The molecule has 2 saturated carbocycles. The predicted molar refractivity (Wildman–Crippen MR) is 96.3 cm³/mol. The average Bonchev–Trinajstić information content (AvgIpc) is 2.42. The number of hydrogen-bond donors (Lipinski definition) is 2. The van der Waals surface area contributed by atoms with Gasteiger partial charge >= 0.3 is 0 Å². The first-order chi connectivity index (χ1) is 10.0. The third kappa shape index (κ3) is 3.66. The van der Waals surface area contributed by atoms with Crippen LogP contribution in [0.15, 0.2) is 22.7 Å². The largest absolute Gasteiger partial charge is 0.327 e. The van der Waals surface area contributed by atoms with E-state index >= 15 is 0 Å². The molecular formula is C17H24BrClN2O. The molecule has 2 bridgehead atoms. The lowest BCUT2D eigenvalue weighted by atomic mass is 9.65. The van der Waals surface area contributed by atoms with Gasteiger partial charge in [-0.05, 0) is 62.1 Å². The summed E-state index contributed by atoms with van der Waals surface area (Å²) in [6, 6.07) is 6.30. The normalized spacial score (nSPS) is 30.3. The summed E-state index contributed by atoms with van der Waals surface area (Å²) in [7, 11) is 0. The summed E-state index contributed by atoms with van der Waals surface area (Å²) in [4.78, 5) is 12.6. The van der Waals surface area contributed by atoms with Crippen LogP contribution in [-0.4, -0.2) is 11.9 Å². The summed E-state index contributed by atoms with van der Waals surface area (Å²) < 4.78 is 0.992. The Morgan fingerprint density at radius 2 is 1.91 bits per heavy atom. The van der Waals surface area contributed by atoms with Crippen LogP contribution in [0.25, 0.3) is 0 Å². The van der Waals surface area contributed by atoms with Crippen LogP contribution in [0.5, 0.6) is 0 Å². The molecule has 3 rings (SSSR count). The van der Waals surface area contributed by atoms with E-state index in [4.69, 9.17) is 5.73 Å². The van der Waals surface area contributed by atoms with Crippen molar-refractivity contribution in [3.05, 3.63) is 28.2 Å². The molecule has 0 aromatic heterocycles. The molecule has 1 aromatic carbocycles. The van der Waals surface area contributed by atoms with E-state index in [9.17, 15) is 4.79 Å². The molecule has 5 heteroatoms. The first kappa shape index (κ1) is 17.8. The van der Waals surface area contributed by atoms with Crippen molar-refractivity contribution in [1.82, 2.24) is 0 Å². The number of carbonyl (C=O) groups excluding carboxylic acids is 1. The summed E-state index contributed by atoms with van der Waals surface area (Å²) >= 11 is 3.46. The topological polar surface area (TPSA) is 55.1 Å². The summed E-state index contributed by atoms with van der Waals surface area (Å²) in [5, 5.41) is 3.12. The Kier molecular flexibility index (Phi) is 5.92. The van der Waals surface area contributed by atoms with Crippen LogP contribution in [0, 0.1) is 24.7 Å². The number of aryl methyl sites for hydroxylation is 1. The number of nitrogens with one attached hydrogen (secondary N) is 1. The molecule has 3 N–H and O–H groups in total. The van der Waals surface area contributed by atoms with E-state index in [1.54, 1.807) is 0 Å². The number of nitrogens with two attached hydrogens (primary N) is 1. The third-order valence-corrected chi connectivity index (χ3v) is 5.73. The summed E-state index contributed by atoms with van der Waals surface area (Å²) in [5.74, 6) is 1.37. The first-order valence-electron chi connectivity index (χ1n) is 7.87. The summed E-state index contributed by atoms with van der Waals surface area (Å²) in [6.07, 6.45) is 5.57. The van der Waals surface area contributed by atoms with Crippen molar-refractivity contribution in [2.45, 2.75) is 45.1 Å². The number of amides is 1. The van der Waals surface area contributed by atoms with Crippen molar-refractivity contribution in [3.8, 4) is 0 Å². The van der Waals surface area contributed by atoms with Gasteiger partial charge in [0.15, 0.2) is 0 Å². The van der Waals surface area contributed by atoms with Gasteiger partial charge in [0.25, 0.3) is 0 Å². The van der Waals surface area contributed by atoms with Crippen molar-refractivity contribution in [1.29, 1.82) is 0 Å². The fourth-order valence-electron chi connectivity index (χ4n) is 3.97. The SMILES string of the molecule is Cc1ccc(Br)cc1NC(=O)C1CC2CCCC(C1)C2N.Cl. The highest BCUT2D eigenvalue weighted by Crippen LogP contribution is 2.42. The Morgan fingerprint density at radius 1 is 1.27 bits per heavy atom. The van der Waals surface area contributed by atoms with Crippen LogP contribution in [0.3, 0.4) is 0 Å². The molecule has 122 valence electrons. The monoisotopic (exact) mass is 386 g/mol. The number of benzene rings is 1. The van der Waals surface area contributed by atoms with Gasteiger partial charge in [0.05, 0.1) is 0 Å². The molecule has 2 aliphatic carbocycles. The van der Waals surface area contributed by atoms with Gasteiger partial charge in [-0.1, -0.05) is 28.4 Å². The van der Waals surface area contributed by atoms with Crippen LogP contribution in [-0.2, 0) is 4.79 Å². The number of hydrogen-bond acceptors (Lipinski definition) is 2. The molecule has 0 radical (unpaired) electrons. The molecule has 2 aliphatic rings. The maximum Gasteiger partial charge on any atom is 0.227 e. The standard InChI is InChI=1S/C17H23BrN2O.ClH/c1-10-5-6-14(18)9-15(10)20-17(21)13-7-11-3-2-4-12(8-13)16(11)19;/h5-6,9,11-13,16H,2-4,7-8,19H2,1H3,(H,20,21);1H. The van der Waals surface area contributed by atoms with Crippen molar-refractivity contribution in [2.24, 2.45) is 23.5 Å². The Balaban J connectivity index is 0.00000176. The van der Waals surface area contributed by atoms with Crippen molar-refractivity contribution in [2.75, 3.05) is 5.32 Å². The van der Waals surface area contributed by atoms with E-state index in [0.717, 1.165) is 28.6 Å². The molecule has 2 atom stereocenters. The second-order valence-corrected chi connectivity index (χ2v) is 7.56. The van der Waals surface area contributed by atoms with E-state index in [-0.39, 0.29) is 24.2 Å². The smallest absolute Gasteiger partial charge is 0.227 e. The second-order valence-electron chi connectivity index (χ2n) is 6.65. The van der Waals surface area contributed by atoms with Crippen LogP contribution >= 0.6 is 28.3 Å². The van der Waals surface area contributed by atoms with Gasteiger partial charge < -0.3 is 11.1 Å². The van der Waals surface area contributed by atoms with E-state index in [1.807, 2.05) is 25.1 Å². The summed E-state index contributed by atoms with van der Waals surface area (Å²) in [6.45, 7) is 2.02. The highest BCUT2D eigenvalue weighted by Gasteiger charge is 2.40. The number of carbonyl (C=O) groups is 1. The zero-order valence-corrected chi connectivity index (χ0v) is 15.3. The fourth-order valence-corrected chi connectivity index (χ4v) is 4.33. The second kappa shape index (κ2) is 7.33. The number of halogens is 2. The Hall–Kier alpha value is -0.580. The van der Waals surface area contributed by atoms with Crippen molar-refractivity contribution < 1.29 is 4.79 Å². The van der Waals surface area contributed by atoms with E-state index in [2.05, 4.69) is 21.2 Å². The molecular weight excluding hydrogens is 364 g/mol. The summed E-state index contributed by atoms with van der Waals surface area (Å²) in [5.41, 5.74) is 8.31. The maximum atomic E-state index is 12.6. The van der Waals surface area contributed by atoms with Gasteiger partial charge in [0, 0.05) is 22.1 Å². The lowest BCUT2D eigenvalue weighted by Crippen LogP contribution is -2.48. The third-order valence-electron chi connectivity index (χ3n) is 5.24. The molecule has 0 aliphatic heterocycles. The molecule has 0 heterocycles. The minimum atomic E-state index is 0. The highest BCUT2D eigenvalue weighted by atomic mass is 79.9. The Labute approximate surface area is 147 Å². The zero-order chi connectivity index (χ0) is 15.0. The van der Waals surface area contributed by atoms with Gasteiger partial charge in [-0.15, -0.1) is 12.4 Å². The molecule has 0 spiro atoms. The molecule has 1 aromatic rings. The van der Waals surface area contributed by atoms with E-state index < -0.39 is 0 Å². The number of fused-ring (bicyclic) bond motifs is 2. The quantitative estimate of drug-likeness (QED) is 0.796. The Bertz CT molecular complexity index is 537. The molecule has 0 saturated heterocycles. The van der Waals surface area contributed by atoms with Crippen molar-refractivity contribution in [3.63, 3.8) is 0 Å². The van der Waals surface area contributed by atoms with Gasteiger partial charge in [-0.25, -0.2) is 0 Å². The fraction of sp³-hybridized carbons (Fsp3) is 0.588. The molecule has 2 unspecified atom stereocenters. The van der Waals surface area contributed by atoms with Gasteiger partial charge in [0.2, 0.25) is 5.91 Å². The minimum absolute atomic E-state index is 0. The zero-order valence-electron chi connectivity index (χ0n) is 12.8. The highest BCUT2D eigenvalue weighted by molar-refractivity contribution is 9.10.